The third-order valence-corrected chi connectivity index (χ3v) is 21.4. The van der Waals surface area contributed by atoms with Crippen LogP contribution in [-0.2, 0) is 13.6 Å². The minimum Gasteiger partial charge on any atom is -0.413 e. The van der Waals surface area contributed by atoms with Crippen molar-refractivity contribution in [1.29, 1.82) is 0 Å². The minimum absolute atomic E-state index is 0.000470. The molecule has 1 heterocycles. The second kappa shape index (κ2) is 19.4. The summed E-state index contributed by atoms with van der Waals surface area (Å²) in [6.07, 6.45) is 8.96. The number of nitrogens with zero attached hydrogens (tertiary/aromatic N) is 1. The van der Waals surface area contributed by atoms with Gasteiger partial charge in [0.2, 0.25) is 0 Å². The van der Waals surface area contributed by atoms with Crippen molar-refractivity contribution in [3.05, 3.63) is 33.3 Å². The van der Waals surface area contributed by atoms with Crippen molar-refractivity contribution in [2.75, 3.05) is 6.61 Å². The number of allylic oxidation sites excluding steroid dienone is 1. The number of Topliss-reactive ketones (excluding diaryl/α,β-unsaturated/α-hetero) is 1. The van der Waals surface area contributed by atoms with Gasteiger partial charge in [0.15, 0.2) is 16.6 Å². The first kappa shape index (κ1) is 47.1. The zero-order valence-electron chi connectivity index (χ0n) is 35.3. The van der Waals surface area contributed by atoms with Gasteiger partial charge in [-0.15, -0.1) is 11.3 Å². The molecule has 0 amide bonds. The van der Waals surface area contributed by atoms with E-state index in [2.05, 4.69) is 118 Å². The number of aliphatic hydroxyl groups excluding tert-OH is 2. The molecular weight excluding hydrogens is 675 g/mol. The Hall–Kier alpha value is -0.946. The van der Waals surface area contributed by atoms with Crippen LogP contribution in [0.25, 0.3) is 6.08 Å². The maximum atomic E-state index is 14.3. The minimum atomic E-state index is -2.21. The molecule has 0 aliphatic carbocycles. The molecule has 0 saturated heterocycles. The van der Waals surface area contributed by atoms with Crippen LogP contribution in [0, 0.1) is 24.2 Å². The van der Waals surface area contributed by atoms with Crippen molar-refractivity contribution in [3.63, 3.8) is 0 Å². The molecular formula is C41H77NO5SSi2. The van der Waals surface area contributed by atoms with Crippen molar-refractivity contribution in [2.45, 2.75) is 190 Å². The lowest BCUT2D eigenvalue weighted by atomic mass is 9.71. The zero-order valence-corrected chi connectivity index (χ0v) is 38.1. The molecule has 0 aliphatic heterocycles. The molecule has 2 N–H and O–H groups in total. The van der Waals surface area contributed by atoms with Gasteiger partial charge in [-0.2, -0.15) is 0 Å². The summed E-state index contributed by atoms with van der Waals surface area (Å²) in [5.74, 6) is -0.0887. The average molecular weight is 752 g/mol. The highest BCUT2D eigenvalue weighted by Crippen LogP contribution is 2.43. The van der Waals surface area contributed by atoms with Gasteiger partial charge in [-0.1, -0.05) is 87.3 Å². The Bertz CT molecular complexity index is 1250. The van der Waals surface area contributed by atoms with E-state index in [-0.39, 0.29) is 52.9 Å². The predicted octanol–water partition coefficient (Wildman–Crippen LogP) is 11.5. The highest BCUT2D eigenvalue weighted by atomic mass is 32.1. The fourth-order valence-corrected chi connectivity index (χ4v) is 9.25. The number of aromatic nitrogens is 1. The molecule has 0 aliphatic rings. The molecule has 0 bridgehead atoms. The Labute approximate surface area is 314 Å². The van der Waals surface area contributed by atoms with Gasteiger partial charge in [0, 0.05) is 23.3 Å². The zero-order chi connectivity index (χ0) is 38.9. The largest absolute Gasteiger partial charge is 0.413 e. The van der Waals surface area contributed by atoms with E-state index in [0.29, 0.717) is 0 Å². The van der Waals surface area contributed by atoms with Gasteiger partial charge in [-0.25, -0.2) is 4.98 Å². The highest BCUT2D eigenvalue weighted by molar-refractivity contribution is 7.09. The molecule has 50 heavy (non-hydrogen) atoms. The molecule has 1 aromatic rings. The van der Waals surface area contributed by atoms with Crippen LogP contribution in [0.4, 0.5) is 0 Å². The summed E-state index contributed by atoms with van der Waals surface area (Å²) in [6.45, 7) is 37.2. The lowest BCUT2D eigenvalue weighted by Crippen LogP contribution is -2.52. The van der Waals surface area contributed by atoms with Gasteiger partial charge in [-0.3, -0.25) is 4.79 Å². The third-order valence-electron chi connectivity index (χ3n) is 11.7. The fraction of sp³-hybridized carbons (Fsp3) is 0.805. The summed E-state index contributed by atoms with van der Waals surface area (Å²) in [5.41, 5.74) is 2.60. The van der Waals surface area contributed by atoms with Gasteiger partial charge in [0.1, 0.15) is 5.78 Å². The Balaban J connectivity index is 3.28. The van der Waals surface area contributed by atoms with Crippen molar-refractivity contribution in [3.8, 4) is 0 Å². The molecule has 9 heteroatoms. The molecule has 290 valence electrons. The summed E-state index contributed by atoms with van der Waals surface area (Å²) >= 11 is 1.68. The summed E-state index contributed by atoms with van der Waals surface area (Å²) < 4.78 is 14.2. The summed E-state index contributed by atoms with van der Waals surface area (Å²) in [6, 6.07) is 0. The molecule has 1 rings (SSSR count). The molecule has 5 atom stereocenters. The van der Waals surface area contributed by atoms with Crippen LogP contribution in [0.3, 0.4) is 0 Å². The number of aliphatic hydroxyl groups is 2. The summed E-state index contributed by atoms with van der Waals surface area (Å²) in [7, 11) is -4.22. The van der Waals surface area contributed by atoms with Crippen LogP contribution in [0.15, 0.2) is 22.6 Å². The van der Waals surface area contributed by atoms with E-state index >= 15 is 0 Å². The first-order chi connectivity index (χ1) is 22.7. The lowest BCUT2D eigenvalue weighted by molar-refractivity contribution is -0.142. The molecule has 0 saturated carbocycles. The van der Waals surface area contributed by atoms with Crippen LogP contribution in [0.1, 0.15) is 139 Å². The van der Waals surface area contributed by atoms with E-state index in [1.54, 1.807) is 11.3 Å². The second-order valence-electron chi connectivity index (χ2n) is 18.6. The molecule has 6 nitrogen and oxygen atoms in total. The maximum absolute atomic E-state index is 14.3. The van der Waals surface area contributed by atoms with Crippen LogP contribution in [0.2, 0.25) is 36.3 Å². The van der Waals surface area contributed by atoms with Crippen molar-refractivity contribution in [1.82, 2.24) is 4.98 Å². The van der Waals surface area contributed by atoms with E-state index in [9.17, 15) is 15.0 Å². The van der Waals surface area contributed by atoms with E-state index in [1.807, 2.05) is 20.8 Å². The Morgan fingerprint density at radius 3 is 2.00 bits per heavy atom. The number of carbonyl (C=O) groups excluding carboxylic acids is 1. The van der Waals surface area contributed by atoms with Crippen molar-refractivity contribution >= 4 is 39.8 Å². The quantitative estimate of drug-likeness (QED) is 0.0960. The summed E-state index contributed by atoms with van der Waals surface area (Å²) in [5, 5.41) is 23.8. The molecule has 1 aromatic heterocycles. The monoisotopic (exact) mass is 752 g/mol. The Morgan fingerprint density at radius 1 is 0.960 bits per heavy atom. The third kappa shape index (κ3) is 13.8. The first-order valence-electron chi connectivity index (χ1n) is 19.2. The van der Waals surface area contributed by atoms with Crippen LogP contribution in [0.5, 0.6) is 0 Å². The standard InChI is InChI=1S/C41H77NO5SSi2/c1-18-20-34(38(45)41(12,13)36(44)25-26-43)37(47-50(16,17)40(9,10)11)30(3)22-19-21-29(2)23-24-35(46-49(14,15)39(6,7)8)31(4)27-33-28-48-32(5)42-33/h23,27-28,30,34-37,43-44H,18-22,24-26H2,1-17H3/b29-23-,31-27+/t30?,34-,35+,36?,37+/m1/s1. The summed E-state index contributed by atoms with van der Waals surface area (Å²) in [4.78, 5) is 19.0. The number of hydrogen-bond acceptors (Lipinski definition) is 7. The van der Waals surface area contributed by atoms with Gasteiger partial charge in [0.05, 0.1) is 29.0 Å². The molecule has 0 fully saturated rings. The van der Waals surface area contributed by atoms with E-state index in [1.165, 1.54) is 11.1 Å². The smallest absolute Gasteiger partial charge is 0.192 e. The van der Waals surface area contributed by atoms with Crippen molar-refractivity contribution < 1.29 is 23.9 Å². The van der Waals surface area contributed by atoms with Crippen LogP contribution in [-0.4, -0.2) is 62.5 Å². The van der Waals surface area contributed by atoms with E-state index < -0.39 is 28.2 Å². The van der Waals surface area contributed by atoms with Gasteiger partial charge < -0.3 is 19.1 Å². The first-order valence-corrected chi connectivity index (χ1v) is 25.9. The fourth-order valence-electron chi connectivity index (χ4n) is 5.90. The van der Waals surface area contributed by atoms with Gasteiger partial charge >= 0.3 is 0 Å². The Morgan fingerprint density at radius 2 is 1.52 bits per heavy atom. The highest BCUT2D eigenvalue weighted by Gasteiger charge is 2.47. The number of aryl methyl sites for hydroxylation is 1. The molecule has 2 unspecified atom stereocenters. The number of carbonyl (C=O) groups is 1. The topological polar surface area (TPSA) is 88.9 Å². The van der Waals surface area contributed by atoms with E-state index in [0.717, 1.165) is 49.2 Å². The Kier molecular flexibility index (Phi) is 18.3. The molecule has 0 aromatic carbocycles. The lowest BCUT2D eigenvalue weighted by Gasteiger charge is -2.45. The van der Waals surface area contributed by atoms with Crippen molar-refractivity contribution in [2.24, 2.45) is 17.3 Å². The number of hydrogen-bond donors (Lipinski definition) is 2. The van der Waals surface area contributed by atoms with Crippen LogP contribution >= 0.6 is 11.3 Å². The number of thiazole rings is 1. The SMILES string of the molecule is CCC[C@@H](C(=O)C(C)(C)C(O)CCO)[C@@H](O[Si](C)(C)C(C)(C)C)C(C)CCC/C(C)=C\C[C@H](O[Si](C)(C)C(C)(C)C)/C(C)=C/c1csc(C)n1. The van der Waals surface area contributed by atoms with Gasteiger partial charge in [0.25, 0.3) is 0 Å². The van der Waals surface area contributed by atoms with Crippen LogP contribution < -0.4 is 0 Å². The molecule has 0 radical (unpaired) electrons. The second-order valence-corrected chi connectivity index (χ2v) is 29.1. The van der Waals surface area contributed by atoms with Gasteiger partial charge in [-0.05, 0) is 113 Å². The number of ketones is 1. The predicted molar refractivity (Wildman–Crippen MR) is 221 cm³/mol. The normalized spacial score (nSPS) is 17.4. The average Bonchev–Trinajstić information content (AvgIpc) is 3.39. The molecule has 0 spiro atoms. The number of rotatable bonds is 21. The maximum Gasteiger partial charge on any atom is 0.192 e. The van der Waals surface area contributed by atoms with E-state index in [4.69, 9.17) is 8.85 Å².